The van der Waals surface area contributed by atoms with E-state index in [1.807, 2.05) is 16.7 Å². The van der Waals surface area contributed by atoms with Crippen molar-refractivity contribution in [3.63, 3.8) is 0 Å². The summed E-state index contributed by atoms with van der Waals surface area (Å²) in [4.78, 5) is 12.4. The number of sulfonamides is 1. The first-order chi connectivity index (χ1) is 11.1. The molecule has 1 aromatic heterocycles. The molecule has 1 fully saturated rings. The van der Waals surface area contributed by atoms with Crippen LogP contribution < -0.4 is 5.56 Å². The first-order valence-corrected chi connectivity index (χ1v) is 9.24. The van der Waals surface area contributed by atoms with Crippen molar-refractivity contribution in [3.05, 3.63) is 64.6 Å². The topological polar surface area (TPSA) is 59.4 Å². The molecule has 2 aromatic rings. The SMILES string of the molecule is O=c1cccc2n1C[C@@H]1C[C@@H]2CN(S(=O)(=O)c2ccccc2)C1. The largest absolute Gasteiger partial charge is 0.312 e. The quantitative estimate of drug-likeness (QED) is 0.841. The molecule has 0 spiro atoms. The third-order valence-corrected chi connectivity index (χ3v) is 6.67. The van der Waals surface area contributed by atoms with Gasteiger partial charge in [-0.05, 0) is 30.5 Å². The molecular formula is C17H18N2O3S. The third kappa shape index (κ3) is 2.42. The maximum absolute atomic E-state index is 12.9. The molecule has 2 bridgehead atoms. The minimum absolute atomic E-state index is 0.0107. The van der Waals surface area contributed by atoms with Crippen LogP contribution in [0.2, 0.25) is 0 Å². The zero-order chi connectivity index (χ0) is 16.0. The van der Waals surface area contributed by atoms with Crippen molar-refractivity contribution < 1.29 is 8.42 Å². The van der Waals surface area contributed by atoms with E-state index in [0.717, 1.165) is 12.1 Å². The highest BCUT2D eigenvalue weighted by Gasteiger charge is 2.39. The predicted molar refractivity (Wildman–Crippen MR) is 86.8 cm³/mol. The van der Waals surface area contributed by atoms with E-state index in [1.165, 1.54) is 0 Å². The van der Waals surface area contributed by atoms with Gasteiger partial charge in [0, 0.05) is 37.3 Å². The first kappa shape index (κ1) is 14.7. The van der Waals surface area contributed by atoms with E-state index < -0.39 is 10.0 Å². The lowest BCUT2D eigenvalue weighted by molar-refractivity contribution is 0.186. The summed E-state index contributed by atoms with van der Waals surface area (Å²) >= 11 is 0. The Balaban J connectivity index is 1.70. The highest BCUT2D eigenvalue weighted by atomic mass is 32.2. The van der Waals surface area contributed by atoms with Crippen LogP contribution in [0.25, 0.3) is 0 Å². The zero-order valence-corrected chi connectivity index (χ0v) is 13.4. The van der Waals surface area contributed by atoms with Gasteiger partial charge in [-0.15, -0.1) is 0 Å². The molecule has 5 nitrogen and oxygen atoms in total. The van der Waals surface area contributed by atoms with Crippen LogP contribution in [0.1, 0.15) is 18.0 Å². The second kappa shape index (κ2) is 5.32. The van der Waals surface area contributed by atoms with Crippen molar-refractivity contribution in [2.24, 2.45) is 5.92 Å². The van der Waals surface area contributed by atoms with Gasteiger partial charge in [-0.25, -0.2) is 8.42 Å². The zero-order valence-electron chi connectivity index (χ0n) is 12.6. The van der Waals surface area contributed by atoms with Gasteiger partial charge in [-0.3, -0.25) is 4.79 Å². The van der Waals surface area contributed by atoms with E-state index >= 15 is 0 Å². The van der Waals surface area contributed by atoms with Crippen molar-refractivity contribution >= 4 is 10.0 Å². The number of aromatic nitrogens is 1. The summed E-state index contributed by atoms with van der Waals surface area (Å²) in [6, 6.07) is 13.9. The second-order valence-electron chi connectivity index (χ2n) is 6.33. The van der Waals surface area contributed by atoms with Crippen LogP contribution in [-0.2, 0) is 16.6 Å². The minimum Gasteiger partial charge on any atom is -0.312 e. The maximum atomic E-state index is 12.9. The summed E-state index contributed by atoms with van der Waals surface area (Å²) in [6.45, 7) is 1.53. The number of piperidine rings is 1. The maximum Gasteiger partial charge on any atom is 0.250 e. The lowest BCUT2D eigenvalue weighted by Crippen LogP contribution is -2.48. The van der Waals surface area contributed by atoms with Crippen LogP contribution in [0.3, 0.4) is 0 Å². The van der Waals surface area contributed by atoms with Crippen molar-refractivity contribution in [1.82, 2.24) is 8.87 Å². The molecule has 0 radical (unpaired) electrons. The number of benzene rings is 1. The molecule has 6 heteroatoms. The monoisotopic (exact) mass is 330 g/mol. The number of fused-ring (bicyclic) bond motifs is 4. The minimum atomic E-state index is -3.47. The van der Waals surface area contributed by atoms with Gasteiger partial charge in [0.05, 0.1) is 4.90 Å². The fourth-order valence-corrected chi connectivity index (χ4v) is 5.37. The average Bonchev–Trinajstić information content (AvgIpc) is 2.56. The summed E-state index contributed by atoms with van der Waals surface area (Å²) in [6.07, 6.45) is 0.949. The molecule has 2 atom stereocenters. The van der Waals surface area contributed by atoms with Crippen molar-refractivity contribution in [1.29, 1.82) is 0 Å². The molecule has 0 amide bonds. The molecule has 1 saturated heterocycles. The molecule has 23 heavy (non-hydrogen) atoms. The Kier molecular flexibility index (Phi) is 3.39. The summed E-state index contributed by atoms with van der Waals surface area (Å²) in [5, 5.41) is 0. The van der Waals surface area contributed by atoms with Crippen LogP contribution in [0.4, 0.5) is 0 Å². The van der Waals surface area contributed by atoms with Gasteiger partial charge in [0.25, 0.3) is 5.56 Å². The standard InChI is InChI=1S/C17H18N2O3S/c20-17-8-4-7-16-14-9-13(11-19(16)17)10-18(12-14)23(21,22)15-5-2-1-3-6-15/h1-8,13-14H,9-12H2/t13-,14-/m1/s1. The Hall–Kier alpha value is -1.92. The van der Waals surface area contributed by atoms with Gasteiger partial charge in [0.1, 0.15) is 0 Å². The van der Waals surface area contributed by atoms with E-state index in [1.54, 1.807) is 40.7 Å². The summed E-state index contributed by atoms with van der Waals surface area (Å²) in [7, 11) is -3.47. The number of nitrogens with zero attached hydrogens (tertiary/aromatic N) is 2. The molecule has 4 rings (SSSR count). The van der Waals surface area contributed by atoms with E-state index in [4.69, 9.17) is 0 Å². The molecule has 2 aliphatic heterocycles. The molecule has 0 unspecified atom stereocenters. The van der Waals surface area contributed by atoms with Crippen LogP contribution in [-0.4, -0.2) is 30.4 Å². The summed E-state index contributed by atoms with van der Waals surface area (Å²) < 4.78 is 29.1. The first-order valence-electron chi connectivity index (χ1n) is 7.80. The van der Waals surface area contributed by atoms with Crippen molar-refractivity contribution in [3.8, 4) is 0 Å². The Morgan fingerprint density at radius 3 is 2.48 bits per heavy atom. The van der Waals surface area contributed by atoms with E-state index in [-0.39, 0.29) is 17.4 Å². The third-order valence-electron chi connectivity index (χ3n) is 4.83. The smallest absolute Gasteiger partial charge is 0.250 e. The molecule has 0 aliphatic carbocycles. The van der Waals surface area contributed by atoms with E-state index in [2.05, 4.69) is 0 Å². The molecule has 0 saturated carbocycles. The number of hydrogen-bond acceptors (Lipinski definition) is 3. The lowest BCUT2D eigenvalue weighted by atomic mass is 9.84. The van der Waals surface area contributed by atoms with Crippen LogP contribution in [0.5, 0.6) is 0 Å². The van der Waals surface area contributed by atoms with Crippen LogP contribution in [0, 0.1) is 5.92 Å². The van der Waals surface area contributed by atoms with Crippen molar-refractivity contribution in [2.45, 2.75) is 23.8 Å². The molecular weight excluding hydrogens is 312 g/mol. The molecule has 120 valence electrons. The fourth-order valence-electron chi connectivity index (χ4n) is 3.79. The number of hydrogen-bond donors (Lipinski definition) is 0. The van der Waals surface area contributed by atoms with Gasteiger partial charge in [0.2, 0.25) is 10.0 Å². The lowest BCUT2D eigenvalue weighted by Gasteiger charge is -2.42. The summed E-state index contributed by atoms with van der Waals surface area (Å²) in [5.74, 6) is 0.287. The van der Waals surface area contributed by atoms with E-state index in [0.29, 0.717) is 24.5 Å². The highest BCUT2D eigenvalue weighted by molar-refractivity contribution is 7.89. The normalized spacial score (nSPS) is 24.2. The van der Waals surface area contributed by atoms with Gasteiger partial charge in [-0.1, -0.05) is 24.3 Å². The van der Waals surface area contributed by atoms with Crippen LogP contribution in [0.15, 0.2) is 58.2 Å². The Morgan fingerprint density at radius 1 is 0.913 bits per heavy atom. The van der Waals surface area contributed by atoms with Gasteiger partial charge in [0.15, 0.2) is 0 Å². The van der Waals surface area contributed by atoms with Gasteiger partial charge >= 0.3 is 0 Å². The van der Waals surface area contributed by atoms with E-state index in [9.17, 15) is 13.2 Å². The van der Waals surface area contributed by atoms with Gasteiger partial charge in [-0.2, -0.15) is 4.31 Å². The Bertz CT molecular complexity index is 890. The van der Waals surface area contributed by atoms with Crippen molar-refractivity contribution in [2.75, 3.05) is 13.1 Å². The van der Waals surface area contributed by atoms with Crippen LogP contribution >= 0.6 is 0 Å². The Labute approximate surface area is 135 Å². The second-order valence-corrected chi connectivity index (χ2v) is 8.27. The fraction of sp³-hybridized carbons (Fsp3) is 0.353. The molecule has 1 aromatic carbocycles. The molecule has 3 heterocycles. The summed E-state index contributed by atoms with van der Waals surface area (Å²) in [5.41, 5.74) is 0.971. The number of rotatable bonds is 2. The molecule has 0 N–H and O–H groups in total. The highest BCUT2D eigenvalue weighted by Crippen LogP contribution is 2.36. The van der Waals surface area contributed by atoms with Gasteiger partial charge < -0.3 is 4.57 Å². The Morgan fingerprint density at radius 2 is 1.70 bits per heavy atom. The average molecular weight is 330 g/mol. The molecule has 2 aliphatic rings. The number of pyridine rings is 1. The predicted octanol–water partition coefficient (Wildman–Crippen LogP) is 1.66.